The number of benzene rings is 1. The number of fused-ring (bicyclic) bond motifs is 1. The molecule has 1 aromatic carbocycles. The smallest absolute Gasteiger partial charge is 0.193 e. The average molecular weight is 584 g/mol. The minimum absolute atomic E-state index is 0.0764. The molecule has 3 rings (SSSR count). The van der Waals surface area contributed by atoms with E-state index in [2.05, 4.69) is 61.6 Å². The van der Waals surface area contributed by atoms with Gasteiger partial charge in [-0.05, 0) is 71.7 Å². The van der Waals surface area contributed by atoms with Gasteiger partial charge in [-0.3, -0.25) is 9.36 Å². The van der Waals surface area contributed by atoms with Crippen molar-refractivity contribution in [2.24, 2.45) is 0 Å². The van der Waals surface area contributed by atoms with Gasteiger partial charge in [-0.25, -0.2) is 4.98 Å². The van der Waals surface area contributed by atoms with E-state index in [1.165, 1.54) is 5.70 Å². The molecule has 0 saturated heterocycles. The maximum absolute atomic E-state index is 13.4. The number of hydrogen-bond donors (Lipinski definition) is 2. The molecule has 2 heterocycles. The van der Waals surface area contributed by atoms with Crippen molar-refractivity contribution in [3.63, 3.8) is 0 Å². The van der Waals surface area contributed by atoms with Crippen LogP contribution in [0.2, 0.25) is 0 Å². The number of para-hydroxylation sites is 1. The third-order valence-corrected chi connectivity index (χ3v) is 6.40. The molecule has 0 atom stereocenters. The largest absolute Gasteiger partial charge is 0.389 e. The van der Waals surface area contributed by atoms with Gasteiger partial charge in [0.15, 0.2) is 5.43 Å². The van der Waals surface area contributed by atoms with Gasteiger partial charge in [0.2, 0.25) is 0 Å². The third-order valence-electron chi connectivity index (χ3n) is 6.40. The Hall–Kier alpha value is -4.32. The third kappa shape index (κ3) is 11.5. The van der Waals surface area contributed by atoms with E-state index < -0.39 is 0 Å². The summed E-state index contributed by atoms with van der Waals surface area (Å²) in [7, 11) is 0. The highest BCUT2D eigenvalue weighted by atomic mass is 16.1. The number of aryl methyl sites for hydroxylation is 1. The van der Waals surface area contributed by atoms with Crippen LogP contribution in [-0.4, -0.2) is 29.2 Å². The van der Waals surface area contributed by atoms with Crippen LogP contribution in [0.5, 0.6) is 0 Å². The number of nitrogens with zero attached hydrogens (tertiary/aromatic N) is 3. The highest BCUT2D eigenvalue weighted by Gasteiger charge is 2.17. The molecular weight excluding hydrogens is 530 g/mol. The first-order valence-corrected chi connectivity index (χ1v) is 15.4. The van der Waals surface area contributed by atoms with Crippen molar-refractivity contribution >= 4 is 22.5 Å². The summed E-state index contributed by atoms with van der Waals surface area (Å²) in [6.07, 6.45) is 13.7. The lowest BCUT2D eigenvalue weighted by Crippen LogP contribution is -2.28. The first-order valence-electron chi connectivity index (χ1n) is 15.4. The van der Waals surface area contributed by atoms with Gasteiger partial charge in [-0.2, -0.15) is 0 Å². The van der Waals surface area contributed by atoms with E-state index in [1.54, 1.807) is 12.1 Å². The molecule has 0 bridgehead atoms. The molecule has 0 aliphatic rings. The number of aromatic nitrogens is 2. The van der Waals surface area contributed by atoms with E-state index in [9.17, 15) is 4.79 Å². The standard InChI is InChI=1S/C32H41N5O.C3H6.C2H6/c1-7-10-11-13-17-25(5)34-31-23-30(38)28-22-29(36(9-3)21-16-20-33-24(4)8-2)26(6)35-32(28)37(31)27-18-14-12-15-19-27;1-3-2;1-2/h8,10-15,17-19,22-23,33-34H,5,7,9,16,20-21H2,1-4,6H3;3H,1H2,2H3;1-2H3/b11-10-,17-13-,24-8+;;. The molecule has 43 heavy (non-hydrogen) atoms. The van der Waals surface area contributed by atoms with Gasteiger partial charge in [-0.1, -0.05) is 75.9 Å². The van der Waals surface area contributed by atoms with Crippen molar-refractivity contribution in [2.45, 2.75) is 68.2 Å². The minimum atomic E-state index is -0.0764. The van der Waals surface area contributed by atoms with Crippen LogP contribution in [0.15, 0.2) is 108 Å². The second-order valence-electron chi connectivity index (χ2n) is 9.61. The van der Waals surface area contributed by atoms with Crippen LogP contribution >= 0.6 is 0 Å². The lowest BCUT2D eigenvalue weighted by atomic mass is 10.1. The summed E-state index contributed by atoms with van der Waals surface area (Å²) < 4.78 is 1.99. The highest BCUT2D eigenvalue weighted by molar-refractivity contribution is 5.84. The molecule has 0 radical (unpaired) electrons. The molecular formula is C37H53N5O. The van der Waals surface area contributed by atoms with Crippen LogP contribution in [0.3, 0.4) is 0 Å². The van der Waals surface area contributed by atoms with Crippen molar-refractivity contribution < 1.29 is 0 Å². The molecule has 2 N–H and O–H groups in total. The van der Waals surface area contributed by atoms with E-state index in [-0.39, 0.29) is 5.43 Å². The maximum atomic E-state index is 13.4. The number of rotatable bonds is 13. The normalized spacial score (nSPS) is 11.0. The Balaban J connectivity index is 0.00000174. The van der Waals surface area contributed by atoms with Gasteiger partial charge >= 0.3 is 0 Å². The second-order valence-corrected chi connectivity index (χ2v) is 9.61. The monoisotopic (exact) mass is 583 g/mol. The van der Waals surface area contributed by atoms with Gasteiger partial charge < -0.3 is 15.5 Å². The van der Waals surface area contributed by atoms with Crippen molar-refractivity contribution in [1.82, 2.24) is 14.9 Å². The maximum Gasteiger partial charge on any atom is 0.193 e. The average Bonchev–Trinajstić information content (AvgIpc) is 3.01. The molecule has 0 amide bonds. The fourth-order valence-electron chi connectivity index (χ4n) is 4.26. The van der Waals surface area contributed by atoms with E-state index in [4.69, 9.17) is 4.98 Å². The molecule has 0 aliphatic carbocycles. The second kappa shape index (κ2) is 20.5. The summed E-state index contributed by atoms with van der Waals surface area (Å²) >= 11 is 0. The molecule has 0 fully saturated rings. The van der Waals surface area contributed by atoms with Crippen LogP contribution in [-0.2, 0) is 0 Å². The minimum Gasteiger partial charge on any atom is -0.389 e. The lowest BCUT2D eigenvalue weighted by molar-refractivity contribution is 0.691. The molecule has 3 aromatic rings. The number of anilines is 2. The summed E-state index contributed by atoms with van der Waals surface area (Å²) in [4.78, 5) is 20.7. The molecule has 232 valence electrons. The van der Waals surface area contributed by atoms with Crippen molar-refractivity contribution in [3.05, 3.63) is 119 Å². The van der Waals surface area contributed by atoms with Crippen molar-refractivity contribution in [1.29, 1.82) is 0 Å². The molecule has 6 heteroatoms. The van der Waals surface area contributed by atoms with Gasteiger partial charge in [0.1, 0.15) is 11.5 Å². The Morgan fingerprint density at radius 2 is 1.77 bits per heavy atom. The molecule has 0 spiro atoms. The number of hydrogen-bond acceptors (Lipinski definition) is 5. The molecule has 0 aliphatic heterocycles. The summed E-state index contributed by atoms with van der Waals surface area (Å²) in [6, 6.07) is 13.6. The summed E-state index contributed by atoms with van der Waals surface area (Å²) in [5.41, 5.74) is 5.21. The number of nitrogens with one attached hydrogen (secondary N) is 2. The Morgan fingerprint density at radius 3 is 2.37 bits per heavy atom. The first kappa shape index (κ1) is 36.7. The van der Waals surface area contributed by atoms with Gasteiger partial charge in [0, 0.05) is 42.8 Å². The van der Waals surface area contributed by atoms with Crippen LogP contribution in [0.25, 0.3) is 16.7 Å². The molecule has 6 nitrogen and oxygen atoms in total. The molecule has 0 unspecified atom stereocenters. The topological polar surface area (TPSA) is 62.2 Å². The molecule has 2 aromatic heterocycles. The fraction of sp³-hybridized carbons (Fsp3) is 0.351. The highest BCUT2D eigenvalue weighted by Crippen LogP contribution is 2.27. The SMILES string of the molecule is C=C(/C=C\C=C/CC)Nc1cc(=O)c2cc(N(CC)CCCN/C(C)=C/C)c(C)nc2n1-c1ccccc1.C=CC.CC. The Bertz CT molecular complexity index is 1430. The quantitative estimate of drug-likeness (QED) is 0.119. The van der Waals surface area contributed by atoms with E-state index in [0.29, 0.717) is 22.5 Å². The van der Waals surface area contributed by atoms with Crippen LogP contribution in [0.4, 0.5) is 11.5 Å². The van der Waals surface area contributed by atoms with Gasteiger partial charge in [-0.15, -0.1) is 6.58 Å². The lowest BCUT2D eigenvalue weighted by Gasteiger charge is -2.26. The number of allylic oxidation sites excluding steroid dienone is 7. The number of pyridine rings is 2. The Kier molecular flexibility index (Phi) is 17.5. The summed E-state index contributed by atoms with van der Waals surface area (Å²) in [5, 5.41) is 7.34. The Morgan fingerprint density at radius 1 is 1.09 bits per heavy atom. The molecule has 0 saturated carbocycles. The zero-order chi connectivity index (χ0) is 32.2. The summed E-state index contributed by atoms with van der Waals surface area (Å²) in [6.45, 7) is 26.3. The van der Waals surface area contributed by atoms with Crippen LogP contribution in [0, 0.1) is 6.92 Å². The zero-order valence-electron chi connectivity index (χ0n) is 27.7. The fourth-order valence-corrected chi connectivity index (χ4v) is 4.26. The van der Waals surface area contributed by atoms with Crippen molar-refractivity contribution in [3.8, 4) is 5.69 Å². The predicted octanol–water partition coefficient (Wildman–Crippen LogP) is 9.09. The van der Waals surface area contributed by atoms with Crippen LogP contribution < -0.4 is 21.0 Å². The van der Waals surface area contributed by atoms with E-state index in [1.807, 2.05) is 93.8 Å². The Labute approximate surface area is 260 Å². The zero-order valence-corrected chi connectivity index (χ0v) is 27.7. The predicted molar refractivity (Wildman–Crippen MR) is 191 cm³/mol. The summed E-state index contributed by atoms with van der Waals surface area (Å²) in [5.74, 6) is 0.625. The van der Waals surface area contributed by atoms with E-state index in [0.717, 1.165) is 49.5 Å². The van der Waals surface area contributed by atoms with Gasteiger partial charge in [0.05, 0.1) is 16.8 Å². The van der Waals surface area contributed by atoms with Crippen molar-refractivity contribution in [2.75, 3.05) is 29.9 Å². The first-order chi connectivity index (χ1) is 20.8. The van der Waals surface area contributed by atoms with Gasteiger partial charge in [0.25, 0.3) is 0 Å². The van der Waals surface area contributed by atoms with Crippen LogP contribution in [0.1, 0.15) is 67.0 Å². The van der Waals surface area contributed by atoms with E-state index >= 15 is 0 Å².